The van der Waals surface area contributed by atoms with Crippen LogP contribution in [-0.2, 0) is 21.0 Å². The van der Waals surface area contributed by atoms with Crippen molar-refractivity contribution in [1.82, 2.24) is 9.47 Å². The lowest BCUT2D eigenvalue weighted by Gasteiger charge is -2.36. The zero-order valence-corrected chi connectivity index (χ0v) is 19.3. The van der Waals surface area contributed by atoms with Gasteiger partial charge in [-0.2, -0.15) is 0 Å². The van der Waals surface area contributed by atoms with Crippen LogP contribution in [0.2, 0.25) is 25.7 Å². The summed E-state index contributed by atoms with van der Waals surface area (Å²) in [5, 5.41) is 10.9. The second-order valence-electron chi connectivity index (χ2n) is 9.21. The summed E-state index contributed by atoms with van der Waals surface area (Å²) in [7, 11) is 0.191. The molecule has 2 aromatic rings. The van der Waals surface area contributed by atoms with Gasteiger partial charge in [-0.1, -0.05) is 31.8 Å². The molecule has 1 N–H and O–H groups in total. The second-order valence-corrected chi connectivity index (χ2v) is 14.8. The lowest BCUT2D eigenvalue weighted by Crippen LogP contribution is -2.45. The van der Waals surface area contributed by atoms with Crippen LogP contribution in [0.4, 0.5) is 4.79 Å². The molecule has 3 rings (SSSR count). The molecule has 1 fully saturated rings. The first-order valence-electron chi connectivity index (χ1n) is 10.4. The van der Waals surface area contributed by atoms with Gasteiger partial charge in [0.1, 0.15) is 6.73 Å². The number of rotatable bonds is 7. The number of likely N-dealkylation sites (tertiary alicyclic amines) is 1. The van der Waals surface area contributed by atoms with E-state index in [1.54, 1.807) is 0 Å². The fourth-order valence-electron chi connectivity index (χ4n) is 3.98. The van der Waals surface area contributed by atoms with Gasteiger partial charge in [-0.05, 0) is 35.5 Å². The van der Waals surface area contributed by atoms with Gasteiger partial charge in [0.15, 0.2) is 0 Å². The number of carbonyl (C=O) groups is 2. The number of aromatic nitrogens is 1. The van der Waals surface area contributed by atoms with Gasteiger partial charge in [0.2, 0.25) is 0 Å². The number of fused-ring (bicyclic) bond motifs is 1. The zero-order chi connectivity index (χ0) is 21.9. The molecule has 30 heavy (non-hydrogen) atoms. The van der Waals surface area contributed by atoms with Crippen molar-refractivity contribution in [2.24, 2.45) is 5.92 Å². The van der Waals surface area contributed by atoms with Gasteiger partial charge in [-0.15, -0.1) is 0 Å². The van der Waals surface area contributed by atoms with E-state index in [9.17, 15) is 14.7 Å². The van der Waals surface area contributed by atoms with Crippen molar-refractivity contribution in [1.29, 1.82) is 0 Å². The summed E-state index contributed by atoms with van der Waals surface area (Å²) < 4.78 is 12.7. The molecule has 1 aliphatic rings. The minimum Gasteiger partial charge on any atom is -0.481 e. The lowest BCUT2D eigenvalue weighted by atomic mass is 9.80. The van der Waals surface area contributed by atoms with Gasteiger partial charge in [-0.25, -0.2) is 4.79 Å². The average molecular weight is 433 g/mol. The molecule has 0 saturated carbocycles. The molecule has 0 radical (unpaired) electrons. The smallest absolute Gasteiger partial charge is 0.409 e. The maximum absolute atomic E-state index is 11.9. The molecule has 1 amide bonds. The third-order valence-electron chi connectivity index (χ3n) is 5.82. The summed E-state index contributed by atoms with van der Waals surface area (Å²) in [4.78, 5) is 25.3. The van der Waals surface area contributed by atoms with Crippen molar-refractivity contribution in [3.8, 4) is 0 Å². The van der Waals surface area contributed by atoms with E-state index in [1.807, 2.05) is 18.3 Å². The topological polar surface area (TPSA) is 81.0 Å². The number of aliphatic carboxylic acids is 1. The van der Waals surface area contributed by atoms with Crippen molar-refractivity contribution < 1.29 is 24.2 Å². The maximum Gasteiger partial charge on any atom is 0.409 e. The maximum atomic E-state index is 11.9. The molecule has 2 atom stereocenters. The van der Waals surface area contributed by atoms with Gasteiger partial charge in [0.05, 0.1) is 18.5 Å². The Bertz CT molecular complexity index is 905. The molecule has 164 valence electrons. The van der Waals surface area contributed by atoms with E-state index >= 15 is 0 Å². The second kappa shape index (κ2) is 9.22. The number of carboxylic acids is 1. The van der Waals surface area contributed by atoms with E-state index in [0.717, 1.165) is 29.1 Å². The quantitative estimate of drug-likeness (QED) is 0.524. The van der Waals surface area contributed by atoms with Crippen LogP contribution in [0.25, 0.3) is 10.9 Å². The Kier molecular flexibility index (Phi) is 6.87. The molecular formula is C22H32N2O5Si. The third kappa shape index (κ3) is 5.23. The van der Waals surface area contributed by atoms with Gasteiger partial charge in [0, 0.05) is 39.9 Å². The Labute approximate surface area is 178 Å². The van der Waals surface area contributed by atoms with Crippen LogP contribution in [0, 0.1) is 5.92 Å². The fraction of sp³-hybridized carbons (Fsp3) is 0.545. The highest BCUT2D eigenvalue weighted by Crippen LogP contribution is 2.35. The van der Waals surface area contributed by atoms with Crippen LogP contribution in [0.3, 0.4) is 0 Å². The van der Waals surface area contributed by atoms with Crippen LogP contribution in [0.15, 0.2) is 30.5 Å². The molecule has 7 nitrogen and oxygen atoms in total. The number of hydrogen-bond acceptors (Lipinski definition) is 4. The number of carbonyl (C=O) groups excluding carboxylic acids is 1. The Hall–Kier alpha value is -2.32. The summed E-state index contributed by atoms with van der Waals surface area (Å²) in [6.45, 7) is 8.88. The van der Waals surface area contributed by atoms with Crippen molar-refractivity contribution in [2.45, 2.75) is 44.8 Å². The van der Waals surface area contributed by atoms with E-state index in [4.69, 9.17) is 9.47 Å². The van der Waals surface area contributed by atoms with Crippen LogP contribution in [0.5, 0.6) is 0 Å². The van der Waals surface area contributed by atoms with Gasteiger partial charge in [-0.3, -0.25) is 4.79 Å². The summed E-state index contributed by atoms with van der Waals surface area (Å²) >= 11 is 0. The van der Waals surface area contributed by atoms with Crippen molar-refractivity contribution in [3.63, 3.8) is 0 Å². The Morgan fingerprint density at radius 1 is 1.23 bits per heavy atom. The largest absolute Gasteiger partial charge is 0.481 e. The molecule has 1 saturated heterocycles. The Morgan fingerprint density at radius 3 is 2.67 bits per heavy atom. The standard InChI is InChI=1S/C22H32N2O5Si/c1-28-22(27)23-10-8-18(19(14-23)21(25)26)17-6-5-16-7-9-24(20(16)13-17)15-29-11-12-30(2,3)4/h5-7,9,13,18-19H,8,10-12,14-15H2,1-4H3,(H,25,26)/t18-,19+/m1/s1. The summed E-state index contributed by atoms with van der Waals surface area (Å²) in [5.74, 6) is -1.70. The number of piperidine rings is 1. The number of hydrogen-bond donors (Lipinski definition) is 1. The number of amides is 1. The van der Waals surface area contributed by atoms with Crippen LogP contribution >= 0.6 is 0 Å². The number of carboxylic acid groups (broad SMARTS) is 1. The molecule has 0 aliphatic carbocycles. The third-order valence-corrected chi connectivity index (χ3v) is 7.52. The number of methoxy groups -OCH3 is 1. The molecule has 0 spiro atoms. The van der Waals surface area contributed by atoms with E-state index < -0.39 is 26.1 Å². The summed E-state index contributed by atoms with van der Waals surface area (Å²) in [6.07, 6.45) is 2.13. The monoisotopic (exact) mass is 432 g/mol. The van der Waals surface area contributed by atoms with Crippen LogP contribution in [-0.4, -0.2) is 61.5 Å². The first kappa shape index (κ1) is 22.4. The van der Waals surface area contributed by atoms with Crippen LogP contribution in [0.1, 0.15) is 17.9 Å². The average Bonchev–Trinajstić information content (AvgIpc) is 3.11. The minimum absolute atomic E-state index is 0.149. The predicted molar refractivity (Wildman–Crippen MR) is 119 cm³/mol. The highest BCUT2D eigenvalue weighted by atomic mass is 28.3. The molecule has 1 aromatic carbocycles. The lowest BCUT2D eigenvalue weighted by molar-refractivity contribution is -0.144. The summed E-state index contributed by atoms with van der Waals surface area (Å²) in [5.41, 5.74) is 2.03. The highest BCUT2D eigenvalue weighted by Gasteiger charge is 2.37. The van der Waals surface area contributed by atoms with Gasteiger partial charge < -0.3 is 24.0 Å². The fourth-order valence-corrected chi connectivity index (χ4v) is 4.74. The van der Waals surface area contributed by atoms with E-state index in [0.29, 0.717) is 19.7 Å². The van der Waals surface area contributed by atoms with E-state index in [-0.39, 0.29) is 12.5 Å². The molecular weight excluding hydrogens is 400 g/mol. The first-order chi connectivity index (χ1) is 14.2. The Morgan fingerprint density at radius 2 is 2.00 bits per heavy atom. The van der Waals surface area contributed by atoms with Gasteiger partial charge in [0.25, 0.3) is 0 Å². The number of nitrogens with zero attached hydrogens (tertiary/aromatic N) is 2. The van der Waals surface area contributed by atoms with Gasteiger partial charge >= 0.3 is 12.1 Å². The normalized spacial score (nSPS) is 19.8. The van der Waals surface area contributed by atoms with E-state index in [1.165, 1.54) is 12.0 Å². The zero-order valence-electron chi connectivity index (χ0n) is 18.3. The molecule has 8 heteroatoms. The minimum atomic E-state index is -1.13. The molecule has 1 aliphatic heterocycles. The predicted octanol–water partition coefficient (Wildman–Crippen LogP) is 4.21. The number of ether oxygens (including phenoxy) is 2. The molecule has 0 unspecified atom stereocenters. The number of benzene rings is 1. The molecule has 1 aromatic heterocycles. The highest BCUT2D eigenvalue weighted by molar-refractivity contribution is 6.76. The molecule has 0 bridgehead atoms. The van der Waals surface area contributed by atoms with Crippen molar-refractivity contribution in [2.75, 3.05) is 26.8 Å². The van der Waals surface area contributed by atoms with Crippen LogP contribution < -0.4 is 0 Å². The van der Waals surface area contributed by atoms with Crippen molar-refractivity contribution in [3.05, 3.63) is 36.0 Å². The first-order valence-corrected chi connectivity index (χ1v) is 14.1. The van der Waals surface area contributed by atoms with E-state index in [2.05, 4.69) is 36.3 Å². The van der Waals surface area contributed by atoms with Crippen molar-refractivity contribution >= 4 is 31.0 Å². The Balaban J connectivity index is 1.77. The summed E-state index contributed by atoms with van der Waals surface area (Å²) in [6, 6.07) is 9.29. The SMILES string of the molecule is COC(=O)N1CC[C@H](c2ccc3ccn(COCC[Si](C)(C)C)c3c2)[C@@H](C(=O)O)C1. The molecule has 2 heterocycles.